The average Bonchev–Trinajstić information content (AvgIpc) is 2.89. The van der Waals surface area contributed by atoms with Gasteiger partial charge in [-0.15, -0.1) is 0 Å². The fraction of sp³-hybridized carbons (Fsp3) is 0.667. The van der Waals surface area contributed by atoms with E-state index in [1.807, 2.05) is 6.92 Å². The van der Waals surface area contributed by atoms with Gasteiger partial charge in [-0.25, -0.2) is 12.7 Å². The van der Waals surface area contributed by atoms with Gasteiger partial charge < -0.3 is 15.1 Å². The Labute approximate surface area is 137 Å². The number of piperidine rings is 1. The highest BCUT2D eigenvalue weighted by Crippen LogP contribution is 2.25. The van der Waals surface area contributed by atoms with Crippen molar-refractivity contribution in [1.82, 2.24) is 9.21 Å². The number of aryl methyl sites for hydroxylation is 1. The quantitative estimate of drug-likeness (QED) is 0.881. The molecule has 0 radical (unpaired) electrons. The Morgan fingerprint density at radius 1 is 1.48 bits per heavy atom. The molecular weight excluding hydrogens is 318 g/mol. The smallest absolute Gasteiger partial charge is 0.275 e. The Kier molecular flexibility index (Phi) is 5.17. The maximum atomic E-state index is 12.7. The topological polar surface area (TPSA) is 96.8 Å². The highest BCUT2D eigenvalue weighted by molar-refractivity contribution is 7.88. The third kappa shape index (κ3) is 3.59. The summed E-state index contributed by atoms with van der Waals surface area (Å²) in [5, 5.41) is -0.205. The molecule has 23 heavy (non-hydrogen) atoms. The maximum absolute atomic E-state index is 12.7. The predicted octanol–water partition coefficient (Wildman–Crippen LogP) is 1.04. The Balaban J connectivity index is 2.25. The highest BCUT2D eigenvalue weighted by atomic mass is 32.2. The van der Waals surface area contributed by atoms with Crippen LogP contribution >= 0.6 is 0 Å². The van der Waals surface area contributed by atoms with Crippen LogP contribution in [0.4, 0.5) is 0 Å². The molecule has 0 spiro atoms. The molecule has 0 bridgehead atoms. The Morgan fingerprint density at radius 2 is 2.13 bits per heavy atom. The van der Waals surface area contributed by atoms with Gasteiger partial charge in [0.05, 0.1) is 5.56 Å². The second-order valence-corrected chi connectivity index (χ2v) is 8.42. The first-order valence-corrected chi connectivity index (χ1v) is 9.16. The van der Waals surface area contributed by atoms with Gasteiger partial charge in [-0.05, 0) is 32.6 Å². The predicted molar refractivity (Wildman–Crippen MR) is 86.6 cm³/mol. The summed E-state index contributed by atoms with van der Waals surface area (Å²) in [6.45, 7) is 4.80. The molecular formula is C15H25N3O4S. The molecule has 0 saturated carbocycles. The van der Waals surface area contributed by atoms with Crippen molar-refractivity contribution in [1.29, 1.82) is 0 Å². The van der Waals surface area contributed by atoms with E-state index in [2.05, 4.69) is 0 Å². The number of rotatable bonds is 4. The van der Waals surface area contributed by atoms with Crippen LogP contribution in [0.15, 0.2) is 15.6 Å². The molecule has 1 amide bonds. The maximum Gasteiger partial charge on any atom is 0.275 e. The number of carbonyl (C=O) groups is 1. The van der Waals surface area contributed by atoms with E-state index in [-0.39, 0.29) is 23.0 Å². The SMILES string of the molecule is Cc1oc(S(=O)(=O)N(C)C)cc1C(=O)N1CCCC(C(C)N)C1. The number of carbonyl (C=O) groups excluding carboxylic acids is 1. The van der Waals surface area contributed by atoms with Crippen LogP contribution in [0.2, 0.25) is 0 Å². The number of nitrogens with zero attached hydrogens (tertiary/aromatic N) is 2. The lowest BCUT2D eigenvalue weighted by molar-refractivity contribution is 0.0659. The minimum Gasteiger partial charge on any atom is -0.448 e. The summed E-state index contributed by atoms with van der Waals surface area (Å²) in [7, 11) is -0.845. The molecule has 1 aromatic heterocycles. The van der Waals surface area contributed by atoms with Gasteiger partial charge >= 0.3 is 0 Å². The van der Waals surface area contributed by atoms with Crippen molar-refractivity contribution in [3.63, 3.8) is 0 Å². The fourth-order valence-corrected chi connectivity index (χ4v) is 3.63. The first kappa shape index (κ1) is 18.0. The van der Waals surface area contributed by atoms with Crippen molar-refractivity contribution in [2.75, 3.05) is 27.2 Å². The van der Waals surface area contributed by atoms with E-state index in [0.29, 0.717) is 24.4 Å². The summed E-state index contributed by atoms with van der Waals surface area (Å²) < 4.78 is 30.6. The zero-order chi connectivity index (χ0) is 17.4. The number of hydrogen-bond donors (Lipinski definition) is 1. The highest BCUT2D eigenvalue weighted by Gasteiger charge is 2.31. The second kappa shape index (κ2) is 6.62. The van der Waals surface area contributed by atoms with Crippen molar-refractivity contribution in [2.24, 2.45) is 11.7 Å². The summed E-state index contributed by atoms with van der Waals surface area (Å²) in [6.07, 6.45) is 1.91. The molecule has 2 atom stereocenters. The molecule has 2 heterocycles. The van der Waals surface area contributed by atoms with Crippen LogP contribution in [0.1, 0.15) is 35.9 Å². The lowest BCUT2D eigenvalue weighted by Crippen LogP contribution is -2.45. The number of nitrogens with two attached hydrogens (primary N) is 1. The summed E-state index contributed by atoms with van der Waals surface area (Å²) in [5.74, 6) is 0.389. The van der Waals surface area contributed by atoms with Crippen molar-refractivity contribution >= 4 is 15.9 Å². The number of furan rings is 1. The van der Waals surface area contributed by atoms with E-state index >= 15 is 0 Å². The van der Waals surface area contributed by atoms with E-state index < -0.39 is 10.0 Å². The standard InChI is InChI=1S/C15H25N3O4S/c1-10(16)12-6-5-7-18(9-12)15(19)13-8-14(22-11(13)2)23(20,21)17(3)4/h8,10,12H,5-7,9,16H2,1-4H3. The average molecular weight is 343 g/mol. The van der Waals surface area contributed by atoms with Crippen molar-refractivity contribution < 1.29 is 17.6 Å². The van der Waals surface area contributed by atoms with Crippen LogP contribution in [0.5, 0.6) is 0 Å². The molecule has 2 rings (SSSR count). The largest absolute Gasteiger partial charge is 0.448 e. The monoisotopic (exact) mass is 343 g/mol. The first-order chi connectivity index (χ1) is 10.6. The third-order valence-electron chi connectivity index (χ3n) is 4.35. The van der Waals surface area contributed by atoms with E-state index in [1.54, 1.807) is 11.8 Å². The third-order valence-corrected chi connectivity index (χ3v) is 6.02. The number of amides is 1. The first-order valence-electron chi connectivity index (χ1n) is 7.72. The normalized spacial score (nSPS) is 20.8. The van der Waals surface area contributed by atoms with Crippen LogP contribution < -0.4 is 5.73 Å². The van der Waals surface area contributed by atoms with Gasteiger partial charge in [0.15, 0.2) is 0 Å². The van der Waals surface area contributed by atoms with Crippen molar-refractivity contribution in [2.45, 2.75) is 37.8 Å². The molecule has 1 saturated heterocycles. The molecule has 2 N–H and O–H groups in total. The van der Waals surface area contributed by atoms with Crippen molar-refractivity contribution in [3.05, 3.63) is 17.4 Å². The lowest BCUT2D eigenvalue weighted by Gasteiger charge is -2.34. The van der Waals surface area contributed by atoms with Crippen LogP contribution in [-0.4, -0.2) is 56.8 Å². The second-order valence-electron chi connectivity index (χ2n) is 6.34. The number of likely N-dealkylation sites (tertiary alicyclic amines) is 1. The minimum atomic E-state index is -3.69. The van der Waals surface area contributed by atoms with Crippen LogP contribution in [0, 0.1) is 12.8 Å². The van der Waals surface area contributed by atoms with Gasteiger partial charge in [0, 0.05) is 39.3 Å². The van der Waals surface area contributed by atoms with E-state index in [1.165, 1.54) is 20.2 Å². The van der Waals surface area contributed by atoms with Gasteiger partial charge in [-0.2, -0.15) is 0 Å². The molecule has 2 unspecified atom stereocenters. The Hall–Kier alpha value is -1.38. The van der Waals surface area contributed by atoms with E-state index in [0.717, 1.165) is 17.1 Å². The van der Waals surface area contributed by atoms with Crippen LogP contribution in [0.25, 0.3) is 0 Å². The van der Waals surface area contributed by atoms with E-state index in [4.69, 9.17) is 10.2 Å². The fourth-order valence-electron chi connectivity index (χ4n) is 2.77. The number of hydrogen-bond acceptors (Lipinski definition) is 5. The molecule has 8 heteroatoms. The molecule has 1 aliphatic rings. The molecule has 1 fully saturated rings. The minimum absolute atomic E-state index is 0.0285. The van der Waals surface area contributed by atoms with Crippen molar-refractivity contribution in [3.8, 4) is 0 Å². The molecule has 0 aliphatic carbocycles. The Bertz CT molecular complexity index is 679. The molecule has 7 nitrogen and oxygen atoms in total. The zero-order valence-corrected chi connectivity index (χ0v) is 14.9. The number of sulfonamides is 1. The van der Waals surface area contributed by atoms with Gasteiger partial charge in [0.1, 0.15) is 5.76 Å². The van der Waals surface area contributed by atoms with E-state index in [9.17, 15) is 13.2 Å². The van der Waals surface area contributed by atoms with Gasteiger partial charge in [-0.1, -0.05) is 0 Å². The van der Waals surface area contributed by atoms with Crippen LogP contribution in [0.3, 0.4) is 0 Å². The lowest BCUT2D eigenvalue weighted by atomic mass is 9.92. The van der Waals surface area contributed by atoms with Crippen LogP contribution in [-0.2, 0) is 10.0 Å². The summed E-state index contributed by atoms with van der Waals surface area (Å²) in [4.78, 5) is 14.5. The summed E-state index contributed by atoms with van der Waals surface area (Å²) >= 11 is 0. The molecule has 1 aliphatic heterocycles. The van der Waals surface area contributed by atoms with Gasteiger partial charge in [-0.3, -0.25) is 4.79 Å². The van der Waals surface area contributed by atoms with Gasteiger partial charge in [0.25, 0.3) is 15.9 Å². The zero-order valence-electron chi connectivity index (χ0n) is 14.1. The molecule has 1 aromatic rings. The summed E-state index contributed by atoms with van der Waals surface area (Å²) in [6, 6.07) is 1.35. The summed E-state index contributed by atoms with van der Waals surface area (Å²) in [5.41, 5.74) is 6.25. The molecule has 130 valence electrons. The Morgan fingerprint density at radius 3 is 2.70 bits per heavy atom. The van der Waals surface area contributed by atoms with Gasteiger partial charge in [0.2, 0.25) is 5.09 Å². The molecule has 0 aromatic carbocycles.